The first-order valence-electron chi connectivity index (χ1n) is 6.30. The van der Waals surface area contributed by atoms with E-state index in [0.717, 1.165) is 13.0 Å². The quantitative estimate of drug-likeness (QED) is 0.713. The van der Waals surface area contributed by atoms with E-state index in [1.807, 2.05) is 0 Å². The molecule has 0 aromatic heterocycles. The molecule has 1 fully saturated rings. The summed E-state index contributed by atoms with van der Waals surface area (Å²) in [6, 6.07) is 8.80. The van der Waals surface area contributed by atoms with Crippen LogP contribution in [0.15, 0.2) is 24.3 Å². The van der Waals surface area contributed by atoms with E-state index in [2.05, 4.69) is 45.0 Å². The van der Waals surface area contributed by atoms with E-state index < -0.39 is 0 Å². The van der Waals surface area contributed by atoms with Crippen LogP contribution >= 0.6 is 11.6 Å². The standard InChI is InChI=1S/C15H21ClO/c1-15(2,3)13-6-4-11(5-7-13)14-12(10-16)8-9-17-14/h4-7,12,14H,8-10H2,1-3H3. The van der Waals surface area contributed by atoms with Gasteiger partial charge in [-0.25, -0.2) is 0 Å². The largest absolute Gasteiger partial charge is 0.373 e. The number of benzene rings is 1. The van der Waals surface area contributed by atoms with Gasteiger partial charge in [-0.05, 0) is 23.0 Å². The molecule has 0 saturated carbocycles. The molecule has 2 atom stereocenters. The molecule has 0 radical (unpaired) electrons. The van der Waals surface area contributed by atoms with Crippen LogP contribution in [0.5, 0.6) is 0 Å². The van der Waals surface area contributed by atoms with Crippen molar-refractivity contribution in [2.75, 3.05) is 12.5 Å². The fourth-order valence-electron chi connectivity index (χ4n) is 2.33. The Balaban J connectivity index is 2.18. The summed E-state index contributed by atoms with van der Waals surface area (Å²) < 4.78 is 5.78. The highest BCUT2D eigenvalue weighted by molar-refractivity contribution is 6.18. The van der Waals surface area contributed by atoms with Gasteiger partial charge >= 0.3 is 0 Å². The van der Waals surface area contributed by atoms with Crippen LogP contribution in [0, 0.1) is 5.92 Å². The van der Waals surface area contributed by atoms with Gasteiger partial charge in [-0.2, -0.15) is 0 Å². The van der Waals surface area contributed by atoms with Crippen LogP contribution in [0.2, 0.25) is 0 Å². The van der Waals surface area contributed by atoms with Crippen LogP contribution in [-0.4, -0.2) is 12.5 Å². The Morgan fingerprint density at radius 3 is 2.41 bits per heavy atom. The lowest BCUT2D eigenvalue weighted by molar-refractivity contribution is 0.0951. The molecule has 0 bridgehead atoms. The highest BCUT2D eigenvalue weighted by Gasteiger charge is 2.29. The monoisotopic (exact) mass is 252 g/mol. The van der Waals surface area contributed by atoms with Gasteiger partial charge in [-0.15, -0.1) is 11.6 Å². The lowest BCUT2D eigenvalue weighted by Gasteiger charge is -2.21. The lowest BCUT2D eigenvalue weighted by Crippen LogP contribution is -2.12. The van der Waals surface area contributed by atoms with Crippen molar-refractivity contribution in [2.24, 2.45) is 5.92 Å². The van der Waals surface area contributed by atoms with Crippen LogP contribution in [0.3, 0.4) is 0 Å². The molecule has 1 aromatic carbocycles. The van der Waals surface area contributed by atoms with Crippen molar-refractivity contribution in [1.82, 2.24) is 0 Å². The van der Waals surface area contributed by atoms with Gasteiger partial charge in [-0.3, -0.25) is 0 Å². The Labute approximate surface area is 109 Å². The molecule has 1 saturated heterocycles. The number of halogens is 1. The predicted octanol–water partition coefficient (Wildman–Crippen LogP) is 4.30. The molecule has 17 heavy (non-hydrogen) atoms. The Kier molecular flexibility index (Phi) is 3.79. The van der Waals surface area contributed by atoms with Crippen molar-refractivity contribution in [3.8, 4) is 0 Å². The summed E-state index contributed by atoms with van der Waals surface area (Å²) in [5, 5.41) is 0. The first-order valence-corrected chi connectivity index (χ1v) is 6.84. The molecule has 0 aliphatic carbocycles. The molecule has 1 nitrogen and oxygen atoms in total. The molecule has 2 rings (SSSR count). The third kappa shape index (κ3) is 2.83. The third-order valence-corrected chi connectivity index (χ3v) is 3.91. The molecule has 1 heterocycles. The summed E-state index contributed by atoms with van der Waals surface area (Å²) in [5.74, 6) is 1.16. The van der Waals surface area contributed by atoms with Gasteiger partial charge in [0.15, 0.2) is 0 Å². The minimum atomic E-state index is 0.196. The van der Waals surface area contributed by atoms with Crippen molar-refractivity contribution in [2.45, 2.75) is 38.7 Å². The molecule has 0 amide bonds. The second kappa shape index (κ2) is 4.99. The van der Waals surface area contributed by atoms with E-state index in [1.54, 1.807) is 0 Å². The van der Waals surface area contributed by atoms with E-state index in [1.165, 1.54) is 11.1 Å². The van der Waals surface area contributed by atoms with Gasteiger partial charge < -0.3 is 4.74 Å². The van der Waals surface area contributed by atoms with Gasteiger partial charge in [0.05, 0.1) is 6.10 Å². The zero-order chi connectivity index (χ0) is 12.5. The second-order valence-electron chi connectivity index (χ2n) is 5.87. The van der Waals surface area contributed by atoms with Crippen LogP contribution in [0.1, 0.15) is 44.4 Å². The summed E-state index contributed by atoms with van der Waals surface area (Å²) >= 11 is 5.98. The van der Waals surface area contributed by atoms with Gasteiger partial charge in [0.2, 0.25) is 0 Å². The summed E-state index contributed by atoms with van der Waals surface area (Å²) in [7, 11) is 0. The Bertz CT molecular complexity index is 364. The van der Waals surface area contributed by atoms with Gasteiger partial charge in [0, 0.05) is 18.4 Å². The summed E-state index contributed by atoms with van der Waals surface area (Å²) in [6.07, 6.45) is 1.27. The molecule has 2 heteroatoms. The fraction of sp³-hybridized carbons (Fsp3) is 0.600. The minimum absolute atomic E-state index is 0.196. The van der Waals surface area contributed by atoms with E-state index in [-0.39, 0.29) is 11.5 Å². The van der Waals surface area contributed by atoms with E-state index in [4.69, 9.17) is 16.3 Å². The molecule has 0 spiro atoms. The van der Waals surface area contributed by atoms with Crippen molar-refractivity contribution in [3.05, 3.63) is 35.4 Å². The zero-order valence-electron chi connectivity index (χ0n) is 10.9. The first-order chi connectivity index (χ1) is 8.02. The topological polar surface area (TPSA) is 9.23 Å². The molecule has 1 aliphatic heterocycles. The van der Waals surface area contributed by atoms with E-state index in [0.29, 0.717) is 11.8 Å². The van der Waals surface area contributed by atoms with Crippen molar-refractivity contribution < 1.29 is 4.74 Å². The average Bonchev–Trinajstić information content (AvgIpc) is 2.76. The minimum Gasteiger partial charge on any atom is -0.373 e. The van der Waals surface area contributed by atoms with Crippen LogP contribution < -0.4 is 0 Å². The SMILES string of the molecule is CC(C)(C)c1ccc(C2OCCC2CCl)cc1. The predicted molar refractivity (Wildman–Crippen MR) is 72.7 cm³/mol. The fourth-order valence-corrected chi connectivity index (χ4v) is 2.65. The van der Waals surface area contributed by atoms with E-state index >= 15 is 0 Å². The maximum Gasteiger partial charge on any atom is 0.0865 e. The number of alkyl halides is 1. The Morgan fingerprint density at radius 1 is 1.24 bits per heavy atom. The lowest BCUT2D eigenvalue weighted by atomic mass is 9.85. The maximum atomic E-state index is 5.98. The molecule has 1 aromatic rings. The van der Waals surface area contributed by atoms with Crippen LogP contribution in [0.25, 0.3) is 0 Å². The highest BCUT2D eigenvalue weighted by Crippen LogP contribution is 2.36. The number of hydrogen-bond donors (Lipinski definition) is 0. The number of rotatable bonds is 2. The molecule has 2 unspecified atom stereocenters. The van der Waals surface area contributed by atoms with Crippen molar-refractivity contribution in [3.63, 3.8) is 0 Å². The van der Waals surface area contributed by atoms with Gasteiger partial charge in [0.25, 0.3) is 0 Å². The summed E-state index contributed by atoms with van der Waals surface area (Å²) in [4.78, 5) is 0. The number of ether oxygens (including phenoxy) is 1. The maximum absolute atomic E-state index is 5.98. The van der Waals surface area contributed by atoms with Gasteiger partial charge in [-0.1, -0.05) is 45.0 Å². The number of hydrogen-bond acceptors (Lipinski definition) is 1. The summed E-state index contributed by atoms with van der Waals surface area (Å²) in [5.41, 5.74) is 2.84. The molecular weight excluding hydrogens is 232 g/mol. The molecule has 0 N–H and O–H groups in total. The second-order valence-corrected chi connectivity index (χ2v) is 6.18. The average molecular weight is 253 g/mol. The summed E-state index contributed by atoms with van der Waals surface area (Å²) in [6.45, 7) is 7.53. The van der Waals surface area contributed by atoms with Gasteiger partial charge in [0.1, 0.15) is 0 Å². The molecule has 94 valence electrons. The highest BCUT2D eigenvalue weighted by atomic mass is 35.5. The molecular formula is C15H21ClO. The van der Waals surface area contributed by atoms with E-state index in [9.17, 15) is 0 Å². The Morgan fingerprint density at radius 2 is 1.88 bits per heavy atom. The first kappa shape index (κ1) is 12.9. The van der Waals surface area contributed by atoms with Crippen LogP contribution in [-0.2, 0) is 10.2 Å². The van der Waals surface area contributed by atoms with Crippen molar-refractivity contribution >= 4 is 11.6 Å². The molecule has 1 aliphatic rings. The van der Waals surface area contributed by atoms with Crippen molar-refractivity contribution in [1.29, 1.82) is 0 Å². The third-order valence-electron chi connectivity index (χ3n) is 3.52. The Hall–Kier alpha value is -0.530. The smallest absolute Gasteiger partial charge is 0.0865 e. The van der Waals surface area contributed by atoms with Crippen LogP contribution in [0.4, 0.5) is 0 Å². The normalized spacial score (nSPS) is 25.2. The zero-order valence-corrected chi connectivity index (χ0v) is 11.6.